The topological polar surface area (TPSA) is 87.3 Å². The minimum absolute atomic E-state index is 0.0230. The van der Waals surface area contributed by atoms with E-state index < -0.39 is 6.04 Å². The van der Waals surface area contributed by atoms with Gasteiger partial charge in [-0.15, -0.1) is 0 Å². The van der Waals surface area contributed by atoms with Crippen molar-refractivity contribution >= 4 is 17.7 Å². The second-order valence-electron chi connectivity index (χ2n) is 8.95. The highest BCUT2D eigenvalue weighted by Crippen LogP contribution is 2.61. The lowest BCUT2D eigenvalue weighted by molar-refractivity contribution is -0.132. The first-order valence-electron chi connectivity index (χ1n) is 10.2. The molecule has 4 rings (SSSR count). The highest BCUT2D eigenvalue weighted by molar-refractivity contribution is 5.89. The predicted octanol–water partition coefficient (Wildman–Crippen LogP) is 1.74. The van der Waals surface area contributed by atoms with E-state index in [1.807, 2.05) is 6.92 Å². The smallest absolute Gasteiger partial charge is 0.242 e. The molecule has 146 valence electrons. The average Bonchev–Trinajstić information content (AvgIpc) is 2.56. The lowest BCUT2D eigenvalue weighted by Gasteiger charge is -2.56. The lowest BCUT2D eigenvalue weighted by atomic mass is 9.49. The van der Waals surface area contributed by atoms with Gasteiger partial charge in [0.2, 0.25) is 17.7 Å². The largest absolute Gasteiger partial charge is 0.354 e. The summed E-state index contributed by atoms with van der Waals surface area (Å²) < 4.78 is 0. The third kappa shape index (κ3) is 4.57. The molecule has 4 saturated carbocycles. The fourth-order valence-electron chi connectivity index (χ4n) is 5.85. The molecule has 26 heavy (non-hydrogen) atoms. The second kappa shape index (κ2) is 7.97. The molecule has 0 saturated heterocycles. The van der Waals surface area contributed by atoms with Crippen LogP contribution in [-0.4, -0.2) is 36.9 Å². The van der Waals surface area contributed by atoms with Crippen LogP contribution in [-0.2, 0) is 14.4 Å². The number of amides is 3. The Morgan fingerprint density at radius 1 is 0.962 bits per heavy atom. The van der Waals surface area contributed by atoms with E-state index >= 15 is 0 Å². The zero-order chi connectivity index (χ0) is 18.7. The van der Waals surface area contributed by atoms with Gasteiger partial charge in [0.25, 0.3) is 0 Å². The molecule has 6 nitrogen and oxygen atoms in total. The molecule has 0 aliphatic heterocycles. The van der Waals surface area contributed by atoms with Crippen molar-refractivity contribution in [1.82, 2.24) is 16.0 Å². The molecule has 0 aromatic carbocycles. The van der Waals surface area contributed by atoms with Crippen LogP contribution in [0.1, 0.15) is 65.2 Å². The van der Waals surface area contributed by atoms with Crippen molar-refractivity contribution in [2.45, 2.75) is 71.3 Å². The Balaban J connectivity index is 1.40. The molecule has 0 spiro atoms. The summed E-state index contributed by atoms with van der Waals surface area (Å²) in [7, 11) is 0. The minimum Gasteiger partial charge on any atom is -0.354 e. The van der Waals surface area contributed by atoms with Gasteiger partial charge in [-0.1, -0.05) is 6.92 Å². The van der Waals surface area contributed by atoms with Gasteiger partial charge in [0, 0.05) is 13.0 Å². The summed E-state index contributed by atoms with van der Waals surface area (Å²) >= 11 is 0. The molecule has 1 atom stereocenters. The Labute approximate surface area is 156 Å². The van der Waals surface area contributed by atoms with Gasteiger partial charge in [0.15, 0.2) is 0 Å². The highest BCUT2D eigenvalue weighted by Gasteiger charge is 2.51. The van der Waals surface area contributed by atoms with Gasteiger partial charge in [0.1, 0.15) is 6.04 Å². The van der Waals surface area contributed by atoms with Crippen molar-refractivity contribution in [2.24, 2.45) is 23.2 Å². The van der Waals surface area contributed by atoms with Gasteiger partial charge in [-0.2, -0.15) is 0 Å². The van der Waals surface area contributed by atoms with Gasteiger partial charge >= 0.3 is 0 Å². The first-order valence-corrected chi connectivity index (χ1v) is 10.2. The van der Waals surface area contributed by atoms with E-state index in [9.17, 15) is 14.4 Å². The fraction of sp³-hybridized carbons (Fsp3) is 0.850. The van der Waals surface area contributed by atoms with Crippen LogP contribution in [0.15, 0.2) is 0 Å². The Hall–Kier alpha value is -1.59. The van der Waals surface area contributed by atoms with Crippen LogP contribution in [0.4, 0.5) is 0 Å². The quantitative estimate of drug-likeness (QED) is 0.614. The molecule has 4 bridgehead atoms. The van der Waals surface area contributed by atoms with Crippen molar-refractivity contribution in [1.29, 1.82) is 0 Å². The molecule has 4 aliphatic carbocycles. The van der Waals surface area contributed by atoms with E-state index in [0.717, 1.165) is 24.2 Å². The Bertz CT molecular complexity index is 525. The van der Waals surface area contributed by atoms with Crippen LogP contribution in [0.2, 0.25) is 0 Å². The Morgan fingerprint density at radius 2 is 1.54 bits per heavy atom. The van der Waals surface area contributed by atoms with E-state index in [1.54, 1.807) is 6.92 Å². The summed E-state index contributed by atoms with van der Waals surface area (Å²) in [5.41, 5.74) is 0.183. The van der Waals surface area contributed by atoms with Gasteiger partial charge in [0.05, 0.1) is 6.54 Å². The number of rotatable bonds is 8. The van der Waals surface area contributed by atoms with E-state index in [0.29, 0.717) is 13.0 Å². The number of carbonyl (C=O) groups excluding carboxylic acids is 3. The average molecular weight is 364 g/mol. The maximum absolute atomic E-state index is 12.4. The summed E-state index contributed by atoms with van der Waals surface area (Å²) in [5.74, 6) is 1.92. The Kier molecular flexibility index (Phi) is 5.88. The molecule has 3 N–H and O–H groups in total. The van der Waals surface area contributed by atoms with Crippen LogP contribution in [0.5, 0.6) is 0 Å². The summed E-state index contributed by atoms with van der Waals surface area (Å²) in [4.78, 5) is 36.2. The molecule has 4 aliphatic rings. The van der Waals surface area contributed by atoms with Crippen LogP contribution < -0.4 is 16.0 Å². The molecular weight excluding hydrogens is 330 g/mol. The Morgan fingerprint density at radius 3 is 2.08 bits per heavy atom. The summed E-state index contributed by atoms with van der Waals surface area (Å²) in [6.45, 7) is 4.17. The molecule has 0 aromatic heterocycles. The number of carbonyl (C=O) groups is 3. The van der Waals surface area contributed by atoms with Crippen LogP contribution in [0.25, 0.3) is 0 Å². The van der Waals surface area contributed by atoms with Crippen molar-refractivity contribution in [3.63, 3.8) is 0 Å². The summed E-state index contributed by atoms with van der Waals surface area (Å²) in [6, 6.07) is -0.589. The monoisotopic (exact) mass is 363 g/mol. The van der Waals surface area contributed by atoms with Crippen molar-refractivity contribution in [3.05, 3.63) is 0 Å². The molecular formula is C20H33N3O3. The first-order chi connectivity index (χ1) is 12.4. The molecule has 3 amide bonds. The second-order valence-corrected chi connectivity index (χ2v) is 8.95. The van der Waals surface area contributed by atoms with Crippen molar-refractivity contribution in [2.75, 3.05) is 13.1 Å². The van der Waals surface area contributed by atoms with Crippen molar-refractivity contribution < 1.29 is 14.4 Å². The van der Waals surface area contributed by atoms with Gasteiger partial charge in [-0.3, -0.25) is 14.4 Å². The number of nitrogens with one attached hydrogen (secondary N) is 3. The van der Waals surface area contributed by atoms with Crippen molar-refractivity contribution in [3.8, 4) is 0 Å². The zero-order valence-corrected chi connectivity index (χ0v) is 16.1. The van der Waals surface area contributed by atoms with E-state index in [4.69, 9.17) is 0 Å². The lowest BCUT2D eigenvalue weighted by Crippen LogP contribution is -2.50. The maximum atomic E-state index is 12.4. The standard InChI is InChI=1S/C20H33N3O3/c1-3-4-21-19(26)13(2)23-18(25)12-22-17(24)11-20-8-14-5-15(9-20)7-16(6-14)10-20/h13-16H,3-12H2,1-2H3,(H,21,26)(H,22,24)(H,23,25)/t13-,14?,15?,16?,20?/m1/s1. The molecule has 0 aromatic rings. The molecule has 0 unspecified atom stereocenters. The van der Waals surface area contributed by atoms with Gasteiger partial charge in [-0.05, 0) is 75.0 Å². The van der Waals surface area contributed by atoms with E-state index in [1.165, 1.54) is 38.5 Å². The molecule has 0 radical (unpaired) electrons. The summed E-state index contributed by atoms with van der Waals surface area (Å²) in [5, 5.41) is 8.15. The van der Waals surface area contributed by atoms with Crippen LogP contribution >= 0.6 is 0 Å². The first kappa shape index (κ1) is 19.2. The zero-order valence-electron chi connectivity index (χ0n) is 16.1. The molecule has 6 heteroatoms. The van der Waals surface area contributed by atoms with Gasteiger partial charge < -0.3 is 16.0 Å². The molecule has 4 fully saturated rings. The third-order valence-electron chi connectivity index (χ3n) is 6.47. The van der Waals surface area contributed by atoms with E-state index in [2.05, 4.69) is 16.0 Å². The SMILES string of the molecule is CCCNC(=O)[C@@H](C)NC(=O)CNC(=O)CC12CC3CC(CC(C3)C1)C2. The highest BCUT2D eigenvalue weighted by atomic mass is 16.2. The van der Waals surface area contributed by atoms with Gasteiger partial charge in [-0.25, -0.2) is 0 Å². The normalized spacial score (nSPS) is 32.8. The summed E-state index contributed by atoms with van der Waals surface area (Å²) in [6.07, 6.45) is 9.06. The number of hydrogen-bond acceptors (Lipinski definition) is 3. The van der Waals surface area contributed by atoms with Crippen LogP contribution in [0, 0.1) is 23.2 Å². The number of hydrogen-bond donors (Lipinski definition) is 3. The predicted molar refractivity (Wildman–Crippen MR) is 99.1 cm³/mol. The maximum Gasteiger partial charge on any atom is 0.242 e. The van der Waals surface area contributed by atoms with E-state index in [-0.39, 0.29) is 29.7 Å². The minimum atomic E-state index is -0.589. The fourth-order valence-corrected chi connectivity index (χ4v) is 5.85. The third-order valence-corrected chi connectivity index (χ3v) is 6.47. The molecule has 0 heterocycles. The van der Waals surface area contributed by atoms with Crippen LogP contribution in [0.3, 0.4) is 0 Å².